The molecule has 238 valence electrons. The molecule has 0 spiro atoms. The van der Waals surface area contributed by atoms with E-state index in [2.05, 4.69) is 34.6 Å². The van der Waals surface area contributed by atoms with Crippen molar-refractivity contribution >= 4 is 11.9 Å². The molecule has 0 heterocycles. The standard InChI is InChI=1S/C37H48FNO5/c1-8-37(9-2,23(3)4)24(5)17-31(35(41)42)30-14-10-11-16-32(30)44-22-25-18-27(20-28(19-25)36(6,7)43)29-15-12-13-26(34(29)38)21-33(39)40/h10-16,18-20,23-24,31,43H,8-9,17,21-22H2,1-7H3,(H2,39,40)(H,41,42). The second-order valence-electron chi connectivity index (χ2n) is 12.8. The van der Waals surface area contributed by atoms with Gasteiger partial charge in [0.1, 0.15) is 18.2 Å². The maximum atomic E-state index is 15.5. The molecule has 0 radical (unpaired) electrons. The maximum Gasteiger partial charge on any atom is 0.311 e. The Morgan fingerprint density at radius 1 is 0.977 bits per heavy atom. The molecule has 3 aromatic rings. The topological polar surface area (TPSA) is 110 Å². The van der Waals surface area contributed by atoms with E-state index in [0.29, 0.717) is 40.3 Å². The van der Waals surface area contributed by atoms with Gasteiger partial charge in [-0.15, -0.1) is 0 Å². The molecule has 0 aliphatic rings. The number of hydrogen-bond donors (Lipinski definition) is 3. The van der Waals surface area contributed by atoms with Gasteiger partial charge in [-0.1, -0.05) is 71.0 Å². The first-order valence-electron chi connectivity index (χ1n) is 15.5. The van der Waals surface area contributed by atoms with Crippen molar-refractivity contribution in [1.29, 1.82) is 0 Å². The fraction of sp³-hybridized carbons (Fsp3) is 0.459. The Balaban J connectivity index is 1.99. The molecule has 6 nitrogen and oxygen atoms in total. The summed E-state index contributed by atoms with van der Waals surface area (Å²) < 4.78 is 21.8. The third-order valence-corrected chi connectivity index (χ3v) is 9.48. The average molecular weight is 606 g/mol. The Labute approximate surface area is 261 Å². The van der Waals surface area contributed by atoms with Crippen molar-refractivity contribution in [3.8, 4) is 16.9 Å². The zero-order chi connectivity index (χ0) is 32.8. The van der Waals surface area contributed by atoms with Crippen LogP contribution in [-0.4, -0.2) is 22.1 Å². The second-order valence-corrected chi connectivity index (χ2v) is 12.8. The zero-order valence-corrected chi connectivity index (χ0v) is 27.1. The van der Waals surface area contributed by atoms with Crippen molar-refractivity contribution in [2.24, 2.45) is 23.0 Å². The van der Waals surface area contributed by atoms with Crippen molar-refractivity contribution in [2.45, 2.75) is 92.3 Å². The number of carbonyl (C=O) groups is 2. The quantitative estimate of drug-likeness (QED) is 0.163. The third-order valence-electron chi connectivity index (χ3n) is 9.48. The number of ether oxygens (including phenoxy) is 1. The molecule has 0 bridgehead atoms. The van der Waals surface area contributed by atoms with Gasteiger partial charge in [0.05, 0.1) is 17.9 Å². The number of carboxylic acids is 1. The summed E-state index contributed by atoms with van der Waals surface area (Å²) in [5, 5.41) is 21.2. The number of hydrogen-bond acceptors (Lipinski definition) is 4. The molecular weight excluding hydrogens is 557 g/mol. The predicted octanol–water partition coefficient (Wildman–Crippen LogP) is 7.98. The number of carboxylic acid groups (broad SMARTS) is 1. The van der Waals surface area contributed by atoms with E-state index < -0.39 is 29.2 Å². The van der Waals surface area contributed by atoms with Crippen LogP contribution in [0, 0.1) is 23.1 Å². The van der Waals surface area contributed by atoms with Crippen LogP contribution in [0.2, 0.25) is 0 Å². The molecule has 3 rings (SSSR count). The van der Waals surface area contributed by atoms with Crippen LogP contribution in [0.5, 0.6) is 5.75 Å². The summed E-state index contributed by atoms with van der Waals surface area (Å²) in [5.74, 6) is -1.78. The molecule has 2 atom stereocenters. The summed E-state index contributed by atoms with van der Waals surface area (Å²) in [6, 6.07) is 17.3. The van der Waals surface area contributed by atoms with E-state index in [1.807, 2.05) is 18.2 Å². The Morgan fingerprint density at radius 3 is 2.20 bits per heavy atom. The number of primary amides is 1. The lowest BCUT2D eigenvalue weighted by molar-refractivity contribution is -0.139. The van der Waals surface area contributed by atoms with Gasteiger partial charge in [-0.2, -0.15) is 0 Å². The van der Waals surface area contributed by atoms with Crippen LogP contribution < -0.4 is 10.5 Å². The lowest BCUT2D eigenvalue weighted by atomic mass is 9.62. The lowest BCUT2D eigenvalue weighted by Crippen LogP contribution is -2.35. The van der Waals surface area contributed by atoms with E-state index in [1.165, 1.54) is 6.07 Å². The van der Waals surface area contributed by atoms with Crippen molar-refractivity contribution in [3.63, 3.8) is 0 Å². The zero-order valence-electron chi connectivity index (χ0n) is 27.1. The van der Waals surface area contributed by atoms with E-state index in [1.54, 1.807) is 50.2 Å². The monoisotopic (exact) mass is 605 g/mol. The number of benzene rings is 3. The molecule has 0 aliphatic carbocycles. The van der Waals surface area contributed by atoms with Crippen molar-refractivity contribution in [2.75, 3.05) is 0 Å². The molecule has 7 heteroatoms. The highest BCUT2D eigenvalue weighted by atomic mass is 19.1. The van der Waals surface area contributed by atoms with Crippen molar-refractivity contribution < 1.29 is 28.9 Å². The summed E-state index contributed by atoms with van der Waals surface area (Å²) in [7, 11) is 0. The number of halogens is 1. The SMILES string of the molecule is CCC(CC)(C(C)C)C(C)CC(C(=O)O)c1ccccc1OCc1cc(-c2cccc(CC(N)=O)c2F)cc(C(C)(C)O)c1. The molecule has 3 aromatic carbocycles. The minimum atomic E-state index is -1.23. The van der Waals surface area contributed by atoms with E-state index in [0.717, 1.165) is 12.8 Å². The molecule has 0 saturated heterocycles. The molecule has 4 N–H and O–H groups in total. The maximum absolute atomic E-state index is 15.5. The summed E-state index contributed by atoms with van der Waals surface area (Å²) >= 11 is 0. The first-order chi connectivity index (χ1) is 20.6. The second kappa shape index (κ2) is 14.4. The van der Waals surface area contributed by atoms with Crippen LogP contribution in [0.3, 0.4) is 0 Å². The van der Waals surface area contributed by atoms with Crippen LogP contribution in [0.15, 0.2) is 60.7 Å². The molecule has 2 unspecified atom stereocenters. The number of amides is 1. The Morgan fingerprint density at radius 2 is 1.64 bits per heavy atom. The van der Waals surface area contributed by atoms with Gasteiger partial charge in [-0.3, -0.25) is 9.59 Å². The Bertz CT molecular complexity index is 1450. The van der Waals surface area contributed by atoms with Crippen LogP contribution >= 0.6 is 0 Å². The molecule has 0 aliphatic heterocycles. The highest BCUT2D eigenvalue weighted by Crippen LogP contribution is 2.47. The van der Waals surface area contributed by atoms with Crippen LogP contribution in [-0.2, 0) is 28.2 Å². The van der Waals surface area contributed by atoms with Gasteiger partial charge in [-0.25, -0.2) is 4.39 Å². The first kappa shape index (κ1) is 34.8. The smallest absolute Gasteiger partial charge is 0.311 e. The fourth-order valence-corrected chi connectivity index (χ4v) is 6.75. The third kappa shape index (κ3) is 7.86. The first-order valence-corrected chi connectivity index (χ1v) is 15.5. The minimum absolute atomic E-state index is 0.0292. The normalized spacial score (nSPS) is 13.5. The van der Waals surface area contributed by atoms with Crippen LogP contribution in [0.1, 0.15) is 95.9 Å². The van der Waals surface area contributed by atoms with Crippen molar-refractivity contribution in [1.82, 2.24) is 0 Å². The summed E-state index contributed by atoms with van der Waals surface area (Å²) in [5.41, 5.74) is 6.94. The molecule has 0 aromatic heterocycles. The molecule has 0 saturated carbocycles. The largest absolute Gasteiger partial charge is 0.489 e. The Hall–Kier alpha value is -3.71. The van der Waals surface area contributed by atoms with Crippen molar-refractivity contribution in [3.05, 3.63) is 88.7 Å². The number of nitrogens with two attached hydrogens (primary N) is 1. The van der Waals surface area contributed by atoms with E-state index in [-0.39, 0.29) is 35.5 Å². The highest BCUT2D eigenvalue weighted by Gasteiger charge is 2.39. The molecule has 0 fully saturated rings. The summed E-state index contributed by atoms with van der Waals surface area (Å²) in [6.07, 6.45) is 2.20. The lowest BCUT2D eigenvalue weighted by Gasteiger charge is -2.43. The van der Waals surface area contributed by atoms with Gasteiger partial charge in [0.2, 0.25) is 5.91 Å². The van der Waals surface area contributed by atoms with Gasteiger partial charge in [-0.05, 0) is 96.9 Å². The molecule has 44 heavy (non-hydrogen) atoms. The van der Waals surface area contributed by atoms with Gasteiger partial charge in [0.25, 0.3) is 0 Å². The van der Waals surface area contributed by atoms with Crippen LogP contribution in [0.4, 0.5) is 4.39 Å². The van der Waals surface area contributed by atoms with E-state index in [4.69, 9.17) is 10.5 Å². The fourth-order valence-electron chi connectivity index (χ4n) is 6.75. The van der Waals surface area contributed by atoms with Gasteiger partial charge >= 0.3 is 5.97 Å². The van der Waals surface area contributed by atoms with Gasteiger partial charge in [0, 0.05) is 11.1 Å². The number of carbonyl (C=O) groups excluding carboxylic acids is 1. The number of aliphatic hydroxyl groups is 1. The van der Waals surface area contributed by atoms with Gasteiger partial charge < -0.3 is 20.7 Å². The number of aliphatic carboxylic acids is 1. The number of rotatable bonds is 15. The highest BCUT2D eigenvalue weighted by molar-refractivity contribution is 5.78. The summed E-state index contributed by atoms with van der Waals surface area (Å²) in [4.78, 5) is 24.2. The van der Waals surface area contributed by atoms with E-state index >= 15 is 4.39 Å². The van der Waals surface area contributed by atoms with Crippen LogP contribution in [0.25, 0.3) is 11.1 Å². The summed E-state index contributed by atoms with van der Waals surface area (Å²) in [6.45, 7) is 14.3. The van der Waals surface area contributed by atoms with Gasteiger partial charge in [0.15, 0.2) is 0 Å². The number of para-hydroxylation sites is 1. The van der Waals surface area contributed by atoms with E-state index in [9.17, 15) is 19.8 Å². The Kier molecular flexibility index (Phi) is 11.4. The average Bonchev–Trinajstić information content (AvgIpc) is 2.96. The predicted molar refractivity (Wildman–Crippen MR) is 173 cm³/mol. The molecule has 1 amide bonds. The minimum Gasteiger partial charge on any atom is -0.489 e. The molecular formula is C37H48FNO5.